The zero-order valence-corrected chi connectivity index (χ0v) is 12.6. The maximum Gasteiger partial charge on any atom is 0.161 e. The molecular weight excluding hydrogens is 266 g/mol. The van der Waals surface area contributed by atoms with Crippen LogP contribution in [0, 0.1) is 6.92 Å². The molecule has 0 radical (unpaired) electrons. The molecule has 0 heterocycles. The lowest BCUT2D eigenvalue weighted by atomic mass is 10.1. The van der Waals surface area contributed by atoms with Crippen LogP contribution in [0.25, 0.3) is 0 Å². The Bertz CT molecular complexity index is 598. The van der Waals surface area contributed by atoms with E-state index in [-0.39, 0.29) is 6.04 Å². The number of benzene rings is 2. The molecule has 21 heavy (non-hydrogen) atoms. The topological polar surface area (TPSA) is 53.7 Å². The Morgan fingerprint density at radius 2 is 1.67 bits per heavy atom. The van der Waals surface area contributed by atoms with Crippen molar-refractivity contribution in [1.29, 1.82) is 0 Å². The molecule has 0 bridgehead atoms. The quantitative estimate of drug-likeness (QED) is 0.887. The molecule has 1 atom stereocenters. The average molecular weight is 287 g/mol. The molecular formula is C17H21NO3. The molecule has 1 unspecified atom stereocenters. The van der Waals surface area contributed by atoms with Crippen LogP contribution in [0.5, 0.6) is 17.2 Å². The van der Waals surface area contributed by atoms with Crippen molar-refractivity contribution < 1.29 is 14.2 Å². The van der Waals surface area contributed by atoms with Gasteiger partial charge in [0.05, 0.1) is 20.3 Å². The van der Waals surface area contributed by atoms with Crippen LogP contribution in [-0.2, 0) is 0 Å². The van der Waals surface area contributed by atoms with E-state index in [1.807, 2.05) is 49.4 Å². The Balaban J connectivity index is 2.06. The van der Waals surface area contributed by atoms with Gasteiger partial charge < -0.3 is 19.9 Å². The fraction of sp³-hybridized carbons (Fsp3) is 0.294. The number of hydrogen-bond acceptors (Lipinski definition) is 4. The predicted molar refractivity (Wildman–Crippen MR) is 83.1 cm³/mol. The highest BCUT2D eigenvalue weighted by molar-refractivity contribution is 5.43. The van der Waals surface area contributed by atoms with E-state index in [4.69, 9.17) is 19.9 Å². The summed E-state index contributed by atoms with van der Waals surface area (Å²) in [7, 11) is 3.22. The maximum atomic E-state index is 6.19. The molecule has 2 aromatic carbocycles. The first-order chi connectivity index (χ1) is 10.2. The van der Waals surface area contributed by atoms with Crippen LogP contribution >= 0.6 is 0 Å². The lowest BCUT2D eigenvalue weighted by Crippen LogP contribution is -2.19. The van der Waals surface area contributed by atoms with Gasteiger partial charge in [-0.1, -0.05) is 24.3 Å². The average Bonchev–Trinajstić information content (AvgIpc) is 2.53. The van der Waals surface area contributed by atoms with Crippen LogP contribution < -0.4 is 19.9 Å². The van der Waals surface area contributed by atoms with Gasteiger partial charge in [0.25, 0.3) is 0 Å². The Kier molecular flexibility index (Phi) is 5.06. The third-order valence-corrected chi connectivity index (χ3v) is 3.35. The number of para-hydroxylation sites is 1. The standard InChI is InChI=1S/C17H21NO3/c1-12-6-4-5-7-15(12)21-11-14(18)13-8-9-16(19-2)17(10-13)20-3/h4-10,14H,11,18H2,1-3H3. The summed E-state index contributed by atoms with van der Waals surface area (Å²) < 4.78 is 16.3. The second kappa shape index (κ2) is 6.99. The second-order valence-corrected chi connectivity index (χ2v) is 4.80. The Labute approximate surface area is 125 Å². The van der Waals surface area contributed by atoms with Crippen molar-refractivity contribution in [3.63, 3.8) is 0 Å². The van der Waals surface area contributed by atoms with Crippen LogP contribution in [0.4, 0.5) is 0 Å². The molecule has 4 nitrogen and oxygen atoms in total. The summed E-state index contributed by atoms with van der Waals surface area (Å²) in [5.41, 5.74) is 8.23. The van der Waals surface area contributed by atoms with Crippen LogP contribution in [-0.4, -0.2) is 20.8 Å². The van der Waals surface area contributed by atoms with Crippen molar-refractivity contribution in [2.75, 3.05) is 20.8 Å². The van der Waals surface area contributed by atoms with Gasteiger partial charge in [-0.25, -0.2) is 0 Å². The lowest BCUT2D eigenvalue weighted by Gasteiger charge is -2.16. The monoisotopic (exact) mass is 287 g/mol. The van der Waals surface area contributed by atoms with E-state index < -0.39 is 0 Å². The van der Waals surface area contributed by atoms with Gasteiger partial charge in [-0.2, -0.15) is 0 Å². The normalized spacial score (nSPS) is 11.8. The number of aryl methyl sites for hydroxylation is 1. The van der Waals surface area contributed by atoms with Gasteiger partial charge in [-0.15, -0.1) is 0 Å². The second-order valence-electron chi connectivity index (χ2n) is 4.80. The van der Waals surface area contributed by atoms with Crippen molar-refractivity contribution in [3.8, 4) is 17.2 Å². The SMILES string of the molecule is COc1ccc(C(N)COc2ccccc2C)cc1OC. The molecule has 0 saturated heterocycles. The van der Waals surface area contributed by atoms with E-state index in [9.17, 15) is 0 Å². The van der Waals surface area contributed by atoms with Gasteiger partial charge in [-0.05, 0) is 36.2 Å². The molecule has 0 aliphatic heterocycles. The molecule has 2 N–H and O–H groups in total. The first-order valence-electron chi connectivity index (χ1n) is 6.81. The van der Waals surface area contributed by atoms with Crippen LogP contribution in [0.15, 0.2) is 42.5 Å². The molecule has 2 rings (SSSR count). The molecule has 2 aromatic rings. The smallest absolute Gasteiger partial charge is 0.161 e. The molecule has 0 aliphatic rings. The molecule has 0 amide bonds. The summed E-state index contributed by atoms with van der Waals surface area (Å²) in [6.45, 7) is 2.41. The van der Waals surface area contributed by atoms with Gasteiger partial charge in [0.2, 0.25) is 0 Å². The van der Waals surface area contributed by atoms with Crippen molar-refractivity contribution >= 4 is 0 Å². The van der Waals surface area contributed by atoms with Gasteiger partial charge in [-0.3, -0.25) is 0 Å². The van der Waals surface area contributed by atoms with E-state index in [1.54, 1.807) is 14.2 Å². The van der Waals surface area contributed by atoms with E-state index in [1.165, 1.54) is 0 Å². The van der Waals surface area contributed by atoms with Gasteiger partial charge in [0.1, 0.15) is 12.4 Å². The summed E-state index contributed by atoms with van der Waals surface area (Å²) in [5, 5.41) is 0. The van der Waals surface area contributed by atoms with Crippen molar-refractivity contribution in [1.82, 2.24) is 0 Å². The van der Waals surface area contributed by atoms with Crippen LogP contribution in [0.3, 0.4) is 0 Å². The zero-order chi connectivity index (χ0) is 15.2. The molecule has 0 spiro atoms. The number of nitrogens with two attached hydrogens (primary N) is 1. The van der Waals surface area contributed by atoms with E-state index in [0.717, 1.165) is 16.9 Å². The molecule has 4 heteroatoms. The van der Waals surface area contributed by atoms with Crippen molar-refractivity contribution in [2.24, 2.45) is 5.73 Å². The molecule has 0 aromatic heterocycles. The Morgan fingerprint density at radius 1 is 0.952 bits per heavy atom. The fourth-order valence-electron chi connectivity index (χ4n) is 2.08. The van der Waals surface area contributed by atoms with E-state index in [2.05, 4.69) is 0 Å². The largest absolute Gasteiger partial charge is 0.493 e. The highest BCUT2D eigenvalue weighted by Crippen LogP contribution is 2.29. The molecule has 0 fully saturated rings. The minimum Gasteiger partial charge on any atom is -0.493 e. The van der Waals surface area contributed by atoms with Gasteiger partial charge in [0.15, 0.2) is 11.5 Å². The highest BCUT2D eigenvalue weighted by atomic mass is 16.5. The summed E-state index contributed by atoms with van der Waals surface area (Å²) in [5.74, 6) is 2.21. The summed E-state index contributed by atoms with van der Waals surface area (Å²) in [6, 6.07) is 13.3. The van der Waals surface area contributed by atoms with E-state index >= 15 is 0 Å². The van der Waals surface area contributed by atoms with Gasteiger partial charge in [0, 0.05) is 0 Å². The first kappa shape index (κ1) is 15.2. The first-order valence-corrected chi connectivity index (χ1v) is 6.81. The Hall–Kier alpha value is -2.20. The minimum absolute atomic E-state index is 0.232. The maximum absolute atomic E-state index is 6.19. The number of methoxy groups -OCH3 is 2. The van der Waals surface area contributed by atoms with Gasteiger partial charge >= 0.3 is 0 Å². The van der Waals surface area contributed by atoms with Crippen LogP contribution in [0.1, 0.15) is 17.2 Å². The van der Waals surface area contributed by atoms with E-state index in [0.29, 0.717) is 18.1 Å². The summed E-state index contributed by atoms with van der Waals surface area (Å²) >= 11 is 0. The third-order valence-electron chi connectivity index (χ3n) is 3.35. The molecule has 0 aliphatic carbocycles. The number of ether oxygens (including phenoxy) is 3. The molecule has 112 valence electrons. The summed E-state index contributed by atoms with van der Waals surface area (Å²) in [6.07, 6.45) is 0. The number of hydrogen-bond donors (Lipinski definition) is 1. The van der Waals surface area contributed by atoms with Crippen LogP contribution in [0.2, 0.25) is 0 Å². The third kappa shape index (κ3) is 3.67. The fourth-order valence-corrected chi connectivity index (χ4v) is 2.08. The zero-order valence-electron chi connectivity index (χ0n) is 12.6. The predicted octanol–water partition coefficient (Wildman–Crippen LogP) is 3.09. The Morgan fingerprint density at radius 3 is 2.33 bits per heavy atom. The lowest BCUT2D eigenvalue weighted by molar-refractivity contribution is 0.288. The highest BCUT2D eigenvalue weighted by Gasteiger charge is 2.11. The van der Waals surface area contributed by atoms with Crippen molar-refractivity contribution in [3.05, 3.63) is 53.6 Å². The van der Waals surface area contributed by atoms with Crippen molar-refractivity contribution in [2.45, 2.75) is 13.0 Å². The molecule has 0 saturated carbocycles. The minimum atomic E-state index is -0.232. The number of rotatable bonds is 6. The summed E-state index contributed by atoms with van der Waals surface area (Å²) in [4.78, 5) is 0.